The van der Waals surface area contributed by atoms with Gasteiger partial charge < -0.3 is 14.2 Å². The Morgan fingerprint density at radius 1 is 0.253 bits per heavy atom. The van der Waals surface area contributed by atoms with Crippen LogP contribution in [0.3, 0.4) is 0 Å². The van der Waals surface area contributed by atoms with Crippen LogP contribution in [0.2, 0.25) is 0 Å². The van der Waals surface area contributed by atoms with Crippen molar-refractivity contribution in [3.05, 3.63) is 122 Å². The monoisotopic (exact) mass is 1150 g/mol. The first kappa shape index (κ1) is 78.8. The van der Waals surface area contributed by atoms with Crippen LogP contribution in [0.5, 0.6) is 0 Å². The van der Waals surface area contributed by atoms with Gasteiger partial charge in [-0.2, -0.15) is 0 Å². The topological polar surface area (TPSA) is 78.9 Å². The zero-order chi connectivity index (χ0) is 59.9. The number of hydrogen-bond acceptors (Lipinski definition) is 6. The molecule has 0 aromatic carbocycles. The summed E-state index contributed by atoms with van der Waals surface area (Å²) in [6.07, 6.45) is 97.8. The lowest BCUT2D eigenvalue weighted by atomic mass is 10.0. The number of rotatable bonds is 63. The van der Waals surface area contributed by atoms with Gasteiger partial charge in [0.05, 0.1) is 0 Å². The molecule has 1 atom stereocenters. The summed E-state index contributed by atoms with van der Waals surface area (Å²) >= 11 is 0. The van der Waals surface area contributed by atoms with Gasteiger partial charge in [0.25, 0.3) is 0 Å². The maximum atomic E-state index is 13.0. The number of hydrogen-bond donors (Lipinski definition) is 0. The van der Waals surface area contributed by atoms with Gasteiger partial charge in [-0.15, -0.1) is 0 Å². The van der Waals surface area contributed by atoms with Crippen molar-refractivity contribution in [3.63, 3.8) is 0 Å². The van der Waals surface area contributed by atoms with Crippen molar-refractivity contribution in [1.82, 2.24) is 0 Å². The Hall–Kier alpha value is -4.19. The molecule has 0 aliphatic rings. The molecule has 0 fully saturated rings. The number of carbonyl (C=O) groups is 3. The van der Waals surface area contributed by atoms with E-state index in [1.807, 2.05) is 0 Å². The minimum absolute atomic E-state index is 0.0868. The van der Waals surface area contributed by atoms with Crippen molar-refractivity contribution in [2.45, 2.75) is 335 Å². The summed E-state index contributed by atoms with van der Waals surface area (Å²) in [6, 6.07) is 0. The van der Waals surface area contributed by atoms with Crippen molar-refractivity contribution in [3.8, 4) is 0 Å². The molecule has 0 saturated heterocycles. The average Bonchev–Trinajstić information content (AvgIpc) is 3.49. The Bertz CT molecular complexity index is 1700. The van der Waals surface area contributed by atoms with Gasteiger partial charge in [-0.25, -0.2) is 0 Å². The van der Waals surface area contributed by atoms with Crippen molar-refractivity contribution >= 4 is 17.9 Å². The molecule has 0 N–H and O–H groups in total. The molecule has 6 nitrogen and oxygen atoms in total. The lowest BCUT2D eigenvalue weighted by Gasteiger charge is -2.18. The summed E-state index contributed by atoms with van der Waals surface area (Å²) in [6.45, 7) is 6.42. The third-order valence-electron chi connectivity index (χ3n) is 14.9. The molecule has 0 aliphatic heterocycles. The third kappa shape index (κ3) is 68.5. The molecule has 0 aromatic rings. The van der Waals surface area contributed by atoms with Crippen LogP contribution in [0.25, 0.3) is 0 Å². The molecule has 0 radical (unpaired) electrons. The fourth-order valence-corrected chi connectivity index (χ4v) is 9.75. The van der Waals surface area contributed by atoms with Gasteiger partial charge in [-0.1, -0.05) is 303 Å². The quantitative estimate of drug-likeness (QED) is 0.0261. The Balaban J connectivity index is 4.41. The van der Waals surface area contributed by atoms with Crippen LogP contribution < -0.4 is 0 Å². The van der Waals surface area contributed by atoms with Gasteiger partial charge in [0.15, 0.2) is 6.10 Å². The van der Waals surface area contributed by atoms with E-state index in [1.54, 1.807) is 0 Å². The summed E-state index contributed by atoms with van der Waals surface area (Å²) in [5, 5.41) is 0. The lowest BCUT2D eigenvalue weighted by molar-refractivity contribution is -0.167. The maximum Gasteiger partial charge on any atom is 0.306 e. The van der Waals surface area contributed by atoms with E-state index >= 15 is 0 Å². The van der Waals surface area contributed by atoms with E-state index < -0.39 is 6.10 Å². The van der Waals surface area contributed by atoms with Crippen LogP contribution in [-0.2, 0) is 28.6 Å². The van der Waals surface area contributed by atoms with Crippen LogP contribution in [-0.4, -0.2) is 37.2 Å². The van der Waals surface area contributed by atoms with Crippen molar-refractivity contribution in [1.29, 1.82) is 0 Å². The van der Waals surface area contributed by atoms with Gasteiger partial charge in [0.1, 0.15) is 13.2 Å². The zero-order valence-electron chi connectivity index (χ0n) is 54.4. The zero-order valence-corrected chi connectivity index (χ0v) is 54.4. The van der Waals surface area contributed by atoms with Gasteiger partial charge in [0, 0.05) is 19.3 Å². The van der Waals surface area contributed by atoms with E-state index in [9.17, 15) is 14.4 Å². The smallest absolute Gasteiger partial charge is 0.306 e. The molecule has 0 spiro atoms. The van der Waals surface area contributed by atoms with E-state index in [-0.39, 0.29) is 31.1 Å². The molecule has 0 bridgehead atoms. The highest BCUT2D eigenvalue weighted by atomic mass is 16.6. The summed E-state index contributed by atoms with van der Waals surface area (Å²) < 4.78 is 17.0. The fourth-order valence-electron chi connectivity index (χ4n) is 9.75. The molecule has 1 unspecified atom stereocenters. The van der Waals surface area contributed by atoms with Crippen LogP contribution in [0.15, 0.2) is 122 Å². The van der Waals surface area contributed by atoms with E-state index in [0.717, 1.165) is 128 Å². The highest BCUT2D eigenvalue weighted by molar-refractivity contribution is 5.71. The summed E-state index contributed by atoms with van der Waals surface area (Å²) in [5.74, 6) is -0.896. The van der Waals surface area contributed by atoms with Gasteiger partial charge in [0.2, 0.25) is 0 Å². The molecule has 0 rings (SSSR count). The Morgan fingerprint density at radius 3 is 0.735 bits per heavy atom. The maximum absolute atomic E-state index is 13.0. The van der Waals surface area contributed by atoms with E-state index in [0.29, 0.717) is 19.3 Å². The lowest BCUT2D eigenvalue weighted by Crippen LogP contribution is -2.30. The van der Waals surface area contributed by atoms with E-state index in [2.05, 4.69) is 142 Å². The van der Waals surface area contributed by atoms with Crippen LogP contribution in [0.4, 0.5) is 0 Å². The minimum atomic E-state index is -0.793. The standard InChI is InChI=1S/C77H130O6/c1-4-7-10-13-16-19-22-25-28-31-34-36-38-40-43-46-49-52-55-58-61-64-67-70-76(79)82-73-74(72-81-75(78)69-66-63-60-57-54-51-48-45-42-33-30-27-24-21-18-15-12-9-6-3)83-77(80)71-68-65-62-59-56-53-50-47-44-41-39-37-35-32-29-26-23-20-17-14-11-8-5-2/h7,9-10,12,16,18-19,21,23,25-28,30,32,34-36,42,45,74H,4-6,8,11,13-15,17,20,22,24,29,31,33,37-41,43-44,46-73H2,1-3H3/b10-7-,12-9-,19-16-,21-18-,26-23-,28-25-,30-27-,35-32-,36-34-,45-42-. The summed E-state index contributed by atoms with van der Waals surface area (Å²) in [4.78, 5) is 38.5. The molecule has 0 saturated carbocycles. The first-order valence-electron chi connectivity index (χ1n) is 35.0. The first-order chi connectivity index (χ1) is 41.0. The van der Waals surface area contributed by atoms with Crippen molar-refractivity contribution in [2.24, 2.45) is 0 Å². The second kappa shape index (κ2) is 70.3. The Kier molecular flexibility index (Phi) is 66.7. The summed E-state index contributed by atoms with van der Waals surface area (Å²) in [5.41, 5.74) is 0. The highest BCUT2D eigenvalue weighted by Crippen LogP contribution is 2.17. The van der Waals surface area contributed by atoms with Gasteiger partial charge in [-0.3, -0.25) is 14.4 Å². The van der Waals surface area contributed by atoms with Crippen LogP contribution in [0.1, 0.15) is 329 Å². The number of esters is 3. The largest absolute Gasteiger partial charge is 0.462 e. The van der Waals surface area contributed by atoms with Crippen LogP contribution in [0, 0.1) is 0 Å². The second-order valence-corrected chi connectivity index (χ2v) is 23.0. The molecule has 6 heteroatoms. The molecule has 474 valence electrons. The molecule has 0 heterocycles. The summed E-state index contributed by atoms with van der Waals surface area (Å²) in [7, 11) is 0. The van der Waals surface area contributed by atoms with Gasteiger partial charge in [-0.05, 0) is 128 Å². The second-order valence-electron chi connectivity index (χ2n) is 23.0. The molecule has 0 amide bonds. The molecular formula is C77H130O6. The Labute approximate surface area is 513 Å². The molecular weight excluding hydrogens is 1020 g/mol. The van der Waals surface area contributed by atoms with E-state index in [4.69, 9.17) is 14.2 Å². The average molecular weight is 1150 g/mol. The molecule has 0 aromatic heterocycles. The van der Waals surface area contributed by atoms with Crippen LogP contribution >= 0.6 is 0 Å². The number of allylic oxidation sites excluding steroid dienone is 20. The minimum Gasteiger partial charge on any atom is -0.462 e. The normalized spacial score (nSPS) is 12.9. The highest BCUT2D eigenvalue weighted by Gasteiger charge is 2.19. The number of unbranched alkanes of at least 4 members (excludes halogenated alkanes) is 32. The van der Waals surface area contributed by atoms with Crippen molar-refractivity contribution < 1.29 is 28.6 Å². The fraction of sp³-hybridized carbons (Fsp3) is 0.701. The number of ether oxygens (including phenoxy) is 3. The molecule has 0 aliphatic carbocycles. The van der Waals surface area contributed by atoms with Gasteiger partial charge >= 0.3 is 17.9 Å². The SMILES string of the molecule is CC/C=C\C/C=C\C/C=C\C/C=C\CCCCCCCCCCCCC(=O)OCC(COC(=O)CCCCCCCC/C=C\C/C=C\C/C=C\C/C=C\CC)OC(=O)CCCCCCCCCCCCC/C=C\C/C=C\CCCCCCC. The predicted octanol–water partition coefficient (Wildman–Crippen LogP) is 24.3. The third-order valence-corrected chi connectivity index (χ3v) is 14.9. The Morgan fingerprint density at radius 2 is 0.470 bits per heavy atom. The number of carbonyl (C=O) groups excluding carboxylic acids is 3. The predicted molar refractivity (Wildman–Crippen MR) is 362 cm³/mol. The van der Waals surface area contributed by atoms with Crippen molar-refractivity contribution in [2.75, 3.05) is 13.2 Å². The first-order valence-corrected chi connectivity index (χ1v) is 35.0. The molecule has 83 heavy (non-hydrogen) atoms. The van der Waals surface area contributed by atoms with E-state index in [1.165, 1.54) is 161 Å².